The number of aliphatic hydroxyl groups excluding tert-OH is 1. The number of hydrogen-bond acceptors (Lipinski definition) is 10. The van der Waals surface area contributed by atoms with E-state index >= 15 is 0 Å². The van der Waals surface area contributed by atoms with Gasteiger partial charge < -0.3 is 24.4 Å². The number of hydrogen-bond donors (Lipinski definition) is 2. The van der Waals surface area contributed by atoms with Crippen molar-refractivity contribution < 1.29 is 31.3 Å². The minimum Gasteiger partial charge on any atom is -0.414 e. The lowest BCUT2D eigenvalue weighted by atomic mass is 9.89. The summed E-state index contributed by atoms with van der Waals surface area (Å²) in [5.41, 5.74) is 3.81. The molecule has 1 aromatic heterocycles. The summed E-state index contributed by atoms with van der Waals surface area (Å²) in [5, 5.41) is 9.67. The number of unbranched alkanes of at least 4 members (excludes halogenated alkanes) is 1. The summed E-state index contributed by atoms with van der Waals surface area (Å²) < 4.78 is 54.2. The molecule has 15 heteroatoms. The Kier molecular flexibility index (Phi) is 9.98. The zero-order chi connectivity index (χ0) is 33.0. The van der Waals surface area contributed by atoms with Crippen molar-refractivity contribution in [1.29, 1.82) is 0 Å². The number of aliphatic hydroxyl groups is 1. The molecule has 0 saturated carbocycles. The lowest BCUT2D eigenvalue weighted by Crippen LogP contribution is -2.59. The zero-order valence-corrected chi connectivity index (χ0v) is 30.3. The van der Waals surface area contributed by atoms with Crippen LogP contribution >= 0.6 is 0 Å². The van der Waals surface area contributed by atoms with Crippen LogP contribution in [0.2, 0.25) is 36.3 Å². The van der Waals surface area contributed by atoms with Crippen LogP contribution in [0.4, 0.5) is 0 Å². The molecule has 246 valence electrons. The van der Waals surface area contributed by atoms with Crippen LogP contribution in [-0.4, -0.2) is 70.3 Å². The van der Waals surface area contributed by atoms with Gasteiger partial charge in [-0.25, -0.2) is 8.98 Å². The van der Waals surface area contributed by atoms with Crippen LogP contribution in [0.25, 0.3) is 0 Å². The smallest absolute Gasteiger partial charge is 0.333 e. The number of aryl methyl sites for hydroxylation is 1. The summed E-state index contributed by atoms with van der Waals surface area (Å²) in [6.07, 6.45) is -1.19. The van der Waals surface area contributed by atoms with Crippen molar-refractivity contribution in [2.24, 2.45) is 5.73 Å². The Morgan fingerprint density at radius 3 is 2.12 bits per heavy atom. The van der Waals surface area contributed by atoms with Gasteiger partial charge in [0.15, 0.2) is 28.5 Å². The molecule has 2 unspecified atom stereocenters. The zero-order valence-electron chi connectivity index (χ0n) is 27.5. The molecule has 1 spiro atoms. The van der Waals surface area contributed by atoms with Crippen molar-refractivity contribution in [2.75, 3.05) is 13.2 Å². The predicted octanol–water partition coefficient (Wildman–Crippen LogP) is 3.30. The Balaban J connectivity index is 2.28. The van der Waals surface area contributed by atoms with Gasteiger partial charge in [-0.05, 0) is 56.0 Å². The Hall–Kier alpha value is -1.60. The first-order chi connectivity index (χ1) is 19.4. The molecule has 0 radical (unpaired) electrons. The highest BCUT2D eigenvalue weighted by atomic mass is 32.2. The van der Waals surface area contributed by atoms with Gasteiger partial charge in [0.05, 0.1) is 17.7 Å². The van der Waals surface area contributed by atoms with Gasteiger partial charge >= 0.3 is 5.69 Å². The topological polar surface area (TPSA) is 161 Å². The molecule has 1 aromatic rings. The van der Waals surface area contributed by atoms with Gasteiger partial charge in [0.1, 0.15) is 12.2 Å². The van der Waals surface area contributed by atoms with E-state index in [2.05, 4.69) is 33.9 Å². The monoisotopic (exact) mass is 661 g/mol. The van der Waals surface area contributed by atoms with Crippen LogP contribution in [-0.2, 0) is 34.4 Å². The van der Waals surface area contributed by atoms with E-state index in [1.807, 2.05) is 33.9 Å². The molecule has 0 bridgehead atoms. The molecule has 3 N–H and O–H groups in total. The third-order valence-electron chi connectivity index (χ3n) is 9.50. The van der Waals surface area contributed by atoms with Crippen molar-refractivity contribution in [1.82, 2.24) is 9.13 Å². The molecule has 2 aliphatic heterocycles. The van der Waals surface area contributed by atoms with Crippen molar-refractivity contribution in [3.63, 3.8) is 0 Å². The lowest BCUT2D eigenvalue weighted by Gasteiger charge is -2.43. The van der Waals surface area contributed by atoms with Gasteiger partial charge in [-0.1, -0.05) is 41.5 Å². The second-order valence-corrected chi connectivity index (χ2v) is 25.7. The van der Waals surface area contributed by atoms with Crippen LogP contribution in [0.3, 0.4) is 0 Å². The van der Waals surface area contributed by atoms with Crippen molar-refractivity contribution in [2.45, 2.75) is 128 Å². The predicted molar refractivity (Wildman–Crippen MR) is 170 cm³/mol. The first kappa shape index (κ1) is 35.9. The summed E-state index contributed by atoms with van der Waals surface area (Å²) in [4.78, 5) is 26.9. The SMILES string of the molecule is Cc1cn([C@@H]2OC(CO[Si](C)(C)C(C)(C)C)C3(OS(=O)(=O)C=C3N)[C@H]2O[Si](C)(C)C(C)(C)C)c(=O)n(CCCCO)c1=O. The number of aromatic nitrogens is 2. The number of nitrogens with two attached hydrogens (primary N) is 1. The molecule has 0 aliphatic carbocycles. The number of rotatable bonds is 10. The van der Waals surface area contributed by atoms with Gasteiger partial charge in [-0.2, -0.15) is 8.42 Å². The third kappa shape index (κ3) is 6.83. The fourth-order valence-corrected chi connectivity index (χ4v) is 8.24. The number of ether oxygens (including phenoxy) is 1. The van der Waals surface area contributed by atoms with Gasteiger partial charge in [0.25, 0.3) is 15.7 Å². The maximum absolute atomic E-state index is 13.9. The second kappa shape index (κ2) is 12.0. The standard InChI is InChI=1S/C28H51N3O9SSi2/c1-19-16-31(25(34)30(23(19)33)14-12-13-15-32)24-22(39-43(10,11)27(5,6)7)28(20(29)18-41(35,36)40-28)21(38-24)17-37-42(8,9)26(2,3)4/h16,18,21-22,24,32H,12-15,17,29H2,1-11H3/t21?,22-,24+,28?/m0/s1. The Labute approximate surface area is 257 Å². The highest BCUT2D eigenvalue weighted by molar-refractivity contribution is 7.90. The summed E-state index contributed by atoms with van der Waals surface area (Å²) in [7, 11) is -9.28. The molecule has 1 saturated heterocycles. The first-order valence-electron chi connectivity index (χ1n) is 14.8. The summed E-state index contributed by atoms with van der Waals surface area (Å²) in [6, 6.07) is 0. The Bertz CT molecular complexity index is 1460. The second-order valence-electron chi connectivity index (χ2n) is 14.7. The molecule has 2 aliphatic rings. The van der Waals surface area contributed by atoms with Gasteiger partial charge in [-0.15, -0.1) is 0 Å². The Morgan fingerprint density at radius 1 is 1.05 bits per heavy atom. The van der Waals surface area contributed by atoms with E-state index in [4.69, 9.17) is 23.5 Å². The summed E-state index contributed by atoms with van der Waals surface area (Å²) in [6.45, 7) is 22.1. The molecule has 43 heavy (non-hydrogen) atoms. The van der Waals surface area contributed by atoms with E-state index in [9.17, 15) is 23.1 Å². The molecule has 1 fully saturated rings. The highest BCUT2D eigenvalue weighted by Gasteiger charge is 2.67. The first-order valence-corrected chi connectivity index (χ1v) is 22.0. The van der Waals surface area contributed by atoms with Gasteiger partial charge in [-0.3, -0.25) is 13.9 Å². The molecule has 0 aromatic carbocycles. The Morgan fingerprint density at radius 2 is 1.63 bits per heavy atom. The van der Waals surface area contributed by atoms with Crippen molar-refractivity contribution in [3.8, 4) is 0 Å². The average molecular weight is 662 g/mol. The molecule has 4 atom stereocenters. The van der Waals surface area contributed by atoms with Crippen LogP contribution in [0, 0.1) is 6.92 Å². The highest BCUT2D eigenvalue weighted by Crippen LogP contribution is 2.52. The average Bonchev–Trinajstić information content (AvgIpc) is 3.27. The van der Waals surface area contributed by atoms with E-state index in [0.29, 0.717) is 12.8 Å². The van der Waals surface area contributed by atoms with Gasteiger partial charge in [0, 0.05) is 24.9 Å². The van der Waals surface area contributed by atoms with Crippen LogP contribution in [0.15, 0.2) is 26.9 Å². The van der Waals surface area contributed by atoms with E-state index in [1.165, 1.54) is 10.8 Å². The third-order valence-corrected chi connectivity index (χ3v) is 19.5. The van der Waals surface area contributed by atoms with Crippen LogP contribution in [0.1, 0.15) is 66.2 Å². The molecular weight excluding hydrogens is 611 g/mol. The van der Waals surface area contributed by atoms with Gasteiger partial charge in [0.2, 0.25) is 0 Å². The fourth-order valence-electron chi connectivity index (χ4n) is 4.73. The maximum atomic E-state index is 13.9. The molecular formula is C28H51N3O9SSi2. The van der Waals surface area contributed by atoms with Crippen LogP contribution in [0.5, 0.6) is 0 Å². The molecule has 12 nitrogen and oxygen atoms in total. The molecule has 3 heterocycles. The normalized spacial score (nSPS) is 26.3. The maximum Gasteiger partial charge on any atom is 0.333 e. The molecule has 3 rings (SSSR count). The summed E-state index contributed by atoms with van der Waals surface area (Å²) in [5.74, 6) is 0. The summed E-state index contributed by atoms with van der Waals surface area (Å²) >= 11 is 0. The largest absolute Gasteiger partial charge is 0.414 e. The minimum absolute atomic E-state index is 0.0573. The van der Waals surface area contributed by atoms with E-state index < -0.39 is 62.0 Å². The van der Waals surface area contributed by atoms with E-state index in [1.54, 1.807) is 6.92 Å². The lowest BCUT2D eigenvalue weighted by molar-refractivity contribution is -0.0567. The number of nitrogens with zero attached hydrogens (tertiary/aromatic N) is 2. The molecule has 0 amide bonds. The van der Waals surface area contributed by atoms with E-state index in [-0.39, 0.29) is 41.1 Å². The van der Waals surface area contributed by atoms with Crippen LogP contribution < -0.4 is 17.0 Å². The van der Waals surface area contributed by atoms with E-state index in [0.717, 1.165) is 9.98 Å². The fraction of sp³-hybridized carbons (Fsp3) is 0.786. The minimum atomic E-state index is -4.22. The quantitative estimate of drug-likeness (QED) is 0.216. The van der Waals surface area contributed by atoms with Crippen molar-refractivity contribution in [3.05, 3.63) is 43.7 Å². The van der Waals surface area contributed by atoms with Crippen molar-refractivity contribution >= 4 is 26.8 Å².